The standard InChI is InChI=1S/2C9H20NO5P.C9H19O5P.C9H21O4P.C8H17O5P.C8H19O4P.2C6H15O5P.3C3H7NO.C2H6O/c2*1-8(11)10-5-9(2,6-14-3)7-15-16(4,12)13;1-7(10)5-9(6-13-3)8(2)14-15(4,11)12;1-5-6-9(7-12-3)8(2)13-14(4,10)11;1-7(9)4-8(5-12-2)6-13-14(3,10)11;1-4-5-8(6-11-2)7-12-13(3,9)10;2*1-9-4-6(10-2)5-11-12(3,7)8;3*1-3(5)4-2;1-3-2/h2*5-7H2,1-4H3,(H,10,11)(H,12,13);8-9H,5-6H2,1-4H3,(H,11,12);8-9H,5-7H2,1-4H3,(H,10,11);8H,4-6H2,1-3H3,(H,10,11);8H,4-7H2,1-3H3,(H,9,10);2*6H,4-5H2,1-3H3,(H,7,8);3*1-2H3,(H,4,5);1-2H3/t2*9-;2*8-,9-;2*8-;2*6-;;;;/m10101010..../s1. The van der Waals surface area contributed by atoms with Gasteiger partial charge in [-0.15, -0.1) is 0 Å². The summed E-state index contributed by atoms with van der Waals surface area (Å²) < 4.78 is 179. The van der Waals surface area contributed by atoms with Crippen LogP contribution in [-0.4, -0.2) is 370 Å². The molecule has 0 aromatic rings. The zero-order chi connectivity index (χ0) is 105. The molecule has 5 amide bonds. The number of ketones is 2. The van der Waals surface area contributed by atoms with Crippen LogP contribution in [0.2, 0.25) is 0 Å². The molecule has 0 heterocycles. The molecule has 47 nitrogen and oxygen atoms in total. The van der Waals surface area contributed by atoms with Crippen LogP contribution in [0.4, 0.5) is 0 Å². The average Bonchev–Trinajstić information content (AvgIpc) is 0.875. The molecule has 130 heavy (non-hydrogen) atoms. The van der Waals surface area contributed by atoms with E-state index in [2.05, 4.69) is 54.2 Å². The molecule has 0 saturated carbocycles. The van der Waals surface area contributed by atoms with Gasteiger partial charge in [-0.1, -0.05) is 40.5 Å². The molecule has 0 aliphatic carbocycles. The third-order valence-electron chi connectivity index (χ3n) is 14.4. The van der Waals surface area contributed by atoms with Crippen molar-refractivity contribution in [2.24, 2.45) is 34.5 Å². The number of rotatable bonds is 54. The maximum absolute atomic E-state index is 11.0. The van der Waals surface area contributed by atoms with Crippen LogP contribution in [0, 0.1) is 34.5 Å². The van der Waals surface area contributed by atoms with Crippen LogP contribution in [0.1, 0.15) is 129 Å². The Morgan fingerprint density at radius 1 is 0.315 bits per heavy atom. The molecular formula is C75H173N5O42P8. The zero-order valence-corrected chi connectivity index (χ0v) is 91.4. The molecule has 0 rings (SSSR count). The number of carbonyl (C=O) groups excluding carboxylic acids is 7. The third-order valence-corrected chi connectivity index (χ3v) is 19.6. The van der Waals surface area contributed by atoms with Gasteiger partial charge in [-0.25, -0.2) is 0 Å². The smallest absolute Gasteiger partial charge is 0.325 e. The lowest BCUT2D eigenvalue weighted by Gasteiger charge is -2.28. The van der Waals surface area contributed by atoms with Crippen molar-refractivity contribution < 1.29 is 198 Å². The predicted molar refractivity (Wildman–Crippen MR) is 500 cm³/mol. The molecule has 0 bridgehead atoms. The molecule has 0 spiro atoms. The van der Waals surface area contributed by atoms with Crippen LogP contribution in [-0.2, 0) is 158 Å². The van der Waals surface area contributed by atoms with Gasteiger partial charge in [0.1, 0.15) is 23.8 Å². The fraction of sp³-hybridized carbons (Fsp3) is 0.907. The lowest BCUT2D eigenvalue weighted by Crippen LogP contribution is -2.40. The van der Waals surface area contributed by atoms with E-state index in [-0.39, 0.29) is 123 Å². The van der Waals surface area contributed by atoms with E-state index in [0.29, 0.717) is 79.0 Å². The Hall–Kier alpha value is -2.55. The van der Waals surface area contributed by atoms with E-state index in [4.69, 9.17) is 114 Å². The second-order valence-corrected chi connectivity index (χ2v) is 44.8. The van der Waals surface area contributed by atoms with E-state index in [0.717, 1.165) is 65.7 Å². The van der Waals surface area contributed by atoms with Crippen LogP contribution in [0.25, 0.3) is 0 Å². The number of Topliss-reactive ketones (excluding diaryl/α,β-unsaturated/α-hetero) is 2. The Morgan fingerprint density at radius 3 is 0.777 bits per heavy atom. The zero-order valence-electron chi connectivity index (χ0n) is 84.2. The minimum Gasteiger partial charge on any atom is -0.388 e. The number of methoxy groups -OCH3 is 11. The number of hydrogen-bond donors (Lipinski definition) is 13. The lowest BCUT2D eigenvalue weighted by atomic mass is 9.93. The highest BCUT2D eigenvalue weighted by molar-refractivity contribution is 7.53. The molecule has 0 aromatic carbocycles. The molecule has 0 saturated heterocycles. The Balaban J connectivity index is -0.000000119. The van der Waals surface area contributed by atoms with Gasteiger partial charge >= 0.3 is 60.8 Å². The van der Waals surface area contributed by atoms with Crippen LogP contribution in [0.15, 0.2) is 0 Å². The van der Waals surface area contributed by atoms with Gasteiger partial charge in [-0.3, -0.25) is 60.5 Å². The minimum atomic E-state index is -3.51. The van der Waals surface area contributed by atoms with Gasteiger partial charge < -0.3 is 164 Å². The highest BCUT2D eigenvalue weighted by Crippen LogP contribution is 2.44. The van der Waals surface area contributed by atoms with E-state index >= 15 is 0 Å². The monoisotopic (exact) mass is 2060 g/mol. The van der Waals surface area contributed by atoms with Gasteiger partial charge in [-0.2, -0.15) is 0 Å². The van der Waals surface area contributed by atoms with E-state index in [1.807, 2.05) is 20.8 Å². The molecule has 0 fully saturated rings. The second kappa shape index (κ2) is 90.3. The first-order valence-corrected chi connectivity index (χ1v) is 56.3. The lowest BCUT2D eigenvalue weighted by molar-refractivity contribution is -0.120. The van der Waals surface area contributed by atoms with Crippen molar-refractivity contribution in [3.05, 3.63) is 0 Å². The molecule has 13 N–H and O–H groups in total. The summed E-state index contributed by atoms with van der Waals surface area (Å²) in [6.07, 6.45) is 3.21. The first kappa shape index (κ1) is 153. The van der Waals surface area contributed by atoms with Crippen LogP contribution >= 0.6 is 60.8 Å². The number of carbonyl (C=O) groups is 7. The van der Waals surface area contributed by atoms with Crippen molar-refractivity contribution in [3.63, 3.8) is 0 Å². The maximum Gasteiger partial charge on any atom is 0.325 e. The summed E-state index contributed by atoms with van der Waals surface area (Å²) in [7, 11) is -4.05. The molecule has 8 unspecified atom stereocenters. The van der Waals surface area contributed by atoms with Crippen molar-refractivity contribution >= 4 is 102 Å². The normalized spacial score (nSPS) is 17.0. The summed E-state index contributed by atoms with van der Waals surface area (Å²) in [5.41, 5.74) is -1.04. The van der Waals surface area contributed by atoms with Gasteiger partial charge in [0.05, 0.1) is 105 Å². The van der Waals surface area contributed by atoms with E-state index < -0.39 is 77.7 Å². The number of nitrogens with one attached hydrogen (secondary N) is 5. The van der Waals surface area contributed by atoms with Gasteiger partial charge in [0, 0.05) is 255 Å². The van der Waals surface area contributed by atoms with Crippen molar-refractivity contribution in [1.82, 2.24) is 26.6 Å². The van der Waals surface area contributed by atoms with Crippen molar-refractivity contribution in [2.45, 2.75) is 153 Å². The van der Waals surface area contributed by atoms with Crippen molar-refractivity contribution in [1.29, 1.82) is 0 Å². The largest absolute Gasteiger partial charge is 0.388 e. The van der Waals surface area contributed by atoms with Gasteiger partial charge in [-0.05, 0) is 40.5 Å². The van der Waals surface area contributed by atoms with E-state index in [9.17, 15) is 70.1 Å². The summed E-state index contributed by atoms with van der Waals surface area (Å²) in [5.74, 6) is -0.223. The topological polar surface area (TPSA) is 653 Å². The van der Waals surface area contributed by atoms with E-state index in [1.54, 1.807) is 56.5 Å². The predicted octanol–water partition coefficient (Wildman–Crippen LogP) is 8.35. The summed E-state index contributed by atoms with van der Waals surface area (Å²) in [5, 5.41) is 12.4. The van der Waals surface area contributed by atoms with Crippen LogP contribution < -0.4 is 26.6 Å². The quantitative estimate of drug-likeness (QED) is 0.0254. The first-order chi connectivity index (χ1) is 59.1. The van der Waals surface area contributed by atoms with Gasteiger partial charge in [0.2, 0.25) is 29.5 Å². The molecule has 790 valence electrons. The molecule has 0 radical (unpaired) electrons. The fourth-order valence-corrected chi connectivity index (χ4v) is 12.9. The van der Waals surface area contributed by atoms with Gasteiger partial charge in [0.25, 0.3) is 0 Å². The number of hydrogen-bond acceptors (Lipinski definition) is 34. The molecule has 55 heteroatoms. The first-order valence-electron chi connectivity index (χ1n) is 40.1. The second-order valence-electron chi connectivity index (χ2n) is 30.0. The Labute approximate surface area is 775 Å². The summed E-state index contributed by atoms with van der Waals surface area (Å²) in [6.45, 7) is 35.0. The molecule has 18 atom stereocenters. The maximum atomic E-state index is 11.0. The van der Waals surface area contributed by atoms with Crippen LogP contribution in [0.3, 0.4) is 0 Å². The van der Waals surface area contributed by atoms with Crippen molar-refractivity contribution in [2.75, 3.05) is 265 Å². The third kappa shape index (κ3) is 146. The molecule has 0 aromatic heterocycles. The number of amides is 5. The van der Waals surface area contributed by atoms with Crippen molar-refractivity contribution in [3.8, 4) is 0 Å². The Bertz CT molecular complexity index is 3050. The molecule has 0 aliphatic rings. The Kier molecular flexibility index (Phi) is 106. The van der Waals surface area contributed by atoms with Crippen LogP contribution in [0.5, 0.6) is 0 Å². The average molecular weight is 2060 g/mol. The van der Waals surface area contributed by atoms with E-state index in [1.165, 1.54) is 119 Å². The summed E-state index contributed by atoms with van der Waals surface area (Å²) >= 11 is 0. The Morgan fingerprint density at radius 2 is 0.562 bits per heavy atom. The molecule has 0 aliphatic heterocycles. The highest BCUT2D eigenvalue weighted by Gasteiger charge is 2.31. The SMILES string of the molecule is CCC[C@@H](COC)COP(C)(=O)O.CCC[C@@H](COC)[C@H](C)OP(C)(=O)O.CNC(C)=O.CNC(C)=O.CNC(C)=O.COC.COC[C@@H](CC(C)=O)[C@@H](C)OP(C)(=O)O.COC[C@@H](COP(C)(=O)O)OC.COC[C@@](C)(CNC(C)=O)COP(C)(=O)O.COC[C@H](COP(C)(=O)O)CC(C)=O.COC[C@H](COP(C)(=O)O)OC.COC[C@](C)(CNC(C)=O)COP(C)(=O)O. The fourth-order valence-electron chi connectivity index (χ4n) is 8.32. The number of ether oxygens (including phenoxy) is 11. The summed E-state index contributed by atoms with van der Waals surface area (Å²) in [6, 6.07) is 0. The summed E-state index contributed by atoms with van der Waals surface area (Å²) in [4.78, 5) is 144. The van der Waals surface area contributed by atoms with Gasteiger partial charge in [0.15, 0.2) is 0 Å². The molecular weight excluding hydrogens is 1890 g/mol. The minimum absolute atomic E-state index is 0.00463. The highest BCUT2D eigenvalue weighted by atomic mass is 31.2.